The van der Waals surface area contributed by atoms with Crippen molar-refractivity contribution < 1.29 is 0 Å². The number of rotatable bonds is 3. The Kier molecular flexibility index (Phi) is 4.09. The van der Waals surface area contributed by atoms with E-state index in [0.29, 0.717) is 0 Å². The van der Waals surface area contributed by atoms with E-state index in [1.807, 2.05) is 42.7 Å². The van der Waals surface area contributed by atoms with Gasteiger partial charge in [0.05, 0.1) is 16.7 Å². The van der Waals surface area contributed by atoms with Gasteiger partial charge in [0.25, 0.3) is 0 Å². The second-order valence-corrected chi connectivity index (χ2v) is 6.25. The number of hydrogen-bond donors (Lipinski definition) is 0. The van der Waals surface area contributed by atoms with E-state index >= 15 is 0 Å². The van der Waals surface area contributed by atoms with Crippen LogP contribution in [0.25, 0.3) is 11.0 Å². The SMILES string of the molecule is Cc1nc2ccccc2nc1N1CCN(Cc2cccnc2)CC1. The van der Waals surface area contributed by atoms with Crippen molar-refractivity contribution >= 4 is 16.9 Å². The van der Waals surface area contributed by atoms with E-state index in [2.05, 4.69) is 27.8 Å². The molecule has 0 spiro atoms. The standard InChI is InChI=1S/C19H21N5/c1-15-19(22-18-7-3-2-6-17(18)21-15)24-11-9-23(10-12-24)14-16-5-4-8-20-13-16/h2-8,13H,9-12,14H2,1H3. The molecule has 0 unspecified atom stereocenters. The van der Waals surface area contributed by atoms with E-state index in [-0.39, 0.29) is 0 Å². The molecule has 1 saturated heterocycles. The number of fused-ring (bicyclic) bond motifs is 1. The summed E-state index contributed by atoms with van der Waals surface area (Å²) in [7, 11) is 0. The van der Waals surface area contributed by atoms with Gasteiger partial charge in [0.15, 0.2) is 5.82 Å². The van der Waals surface area contributed by atoms with Crippen LogP contribution in [0.15, 0.2) is 48.8 Å². The van der Waals surface area contributed by atoms with Gasteiger partial charge in [-0.15, -0.1) is 0 Å². The summed E-state index contributed by atoms with van der Waals surface area (Å²) in [6.07, 6.45) is 3.77. The van der Waals surface area contributed by atoms with Crippen LogP contribution in [0.1, 0.15) is 11.3 Å². The summed E-state index contributed by atoms with van der Waals surface area (Å²) >= 11 is 0. The zero-order valence-electron chi connectivity index (χ0n) is 13.9. The molecule has 0 bridgehead atoms. The van der Waals surface area contributed by atoms with Crippen molar-refractivity contribution in [1.29, 1.82) is 0 Å². The smallest absolute Gasteiger partial charge is 0.150 e. The van der Waals surface area contributed by atoms with Crippen LogP contribution in [0.3, 0.4) is 0 Å². The molecule has 4 rings (SSSR count). The number of nitrogens with zero attached hydrogens (tertiary/aromatic N) is 5. The van der Waals surface area contributed by atoms with Crippen molar-refractivity contribution in [2.24, 2.45) is 0 Å². The molecule has 0 saturated carbocycles. The van der Waals surface area contributed by atoms with Crippen molar-refractivity contribution in [2.75, 3.05) is 31.1 Å². The Hall–Kier alpha value is -2.53. The predicted molar refractivity (Wildman–Crippen MR) is 96.0 cm³/mol. The number of piperazine rings is 1. The lowest BCUT2D eigenvalue weighted by Gasteiger charge is -2.35. The highest BCUT2D eigenvalue weighted by atomic mass is 15.3. The minimum atomic E-state index is 0.962. The van der Waals surface area contributed by atoms with Gasteiger partial charge in [-0.1, -0.05) is 18.2 Å². The fourth-order valence-electron chi connectivity index (χ4n) is 3.25. The molecule has 0 aliphatic carbocycles. The van der Waals surface area contributed by atoms with E-state index in [9.17, 15) is 0 Å². The van der Waals surface area contributed by atoms with Crippen LogP contribution >= 0.6 is 0 Å². The molecule has 0 amide bonds. The number of aryl methyl sites for hydroxylation is 1. The highest BCUT2D eigenvalue weighted by Gasteiger charge is 2.20. The first-order valence-electron chi connectivity index (χ1n) is 8.39. The molecule has 1 fully saturated rings. The Bertz CT molecular complexity index is 826. The molecule has 1 aromatic carbocycles. The maximum atomic E-state index is 4.84. The largest absolute Gasteiger partial charge is 0.353 e. The number of aromatic nitrogens is 3. The van der Waals surface area contributed by atoms with E-state index in [0.717, 1.165) is 55.3 Å². The van der Waals surface area contributed by atoms with E-state index < -0.39 is 0 Å². The van der Waals surface area contributed by atoms with Crippen molar-refractivity contribution in [3.8, 4) is 0 Å². The van der Waals surface area contributed by atoms with E-state index in [4.69, 9.17) is 9.97 Å². The number of anilines is 1. The van der Waals surface area contributed by atoms with Gasteiger partial charge in [-0.3, -0.25) is 9.88 Å². The van der Waals surface area contributed by atoms with Crippen molar-refractivity contribution in [3.63, 3.8) is 0 Å². The average molecular weight is 319 g/mol. The highest BCUT2D eigenvalue weighted by Crippen LogP contribution is 2.21. The molecule has 3 heterocycles. The zero-order chi connectivity index (χ0) is 16.4. The predicted octanol–water partition coefficient (Wildman–Crippen LogP) is 2.66. The molecule has 0 atom stereocenters. The maximum absolute atomic E-state index is 4.84. The van der Waals surface area contributed by atoms with Crippen LogP contribution in [0, 0.1) is 6.92 Å². The Balaban J connectivity index is 1.47. The van der Waals surface area contributed by atoms with Gasteiger partial charge in [-0.25, -0.2) is 9.97 Å². The summed E-state index contributed by atoms with van der Waals surface area (Å²) in [6.45, 7) is 7.04. The third-order valence-corrected chi connectivity index (χ3v) is 4.52. The zero-order valence-corrected chi connectivity index (χ0v) is 13.9. The number of pyridine rings is 1. The summed E-state index contributed by atoms with van der Waals surface area (Å²) < 4.78 is 0. The van der Waals surface area contributed by atoms with E-state index in [1.54, 1.807) is 0 Å². The summed E-state index contributed by atoms with van der Waals surface area (Å²) in [6, 6.07) is 12.2. The molecule has 2 aromatic heterocycles. The van der Waals surface area contributed by atoms with Crippen LogP contribution in [0.5, 0.6) is 0 Å². The average Bonchev–Trinajstić information content (AvgIpc) is 2.63. The van der Waals surface area contributed by atoms with Crippen molar-refractivity contribution in [1.82, 2.24) is 19.9 Å². The van der Waals surface area contributed by atoms with Gasteiger partial charge in [-0.05, 0) is 30.7 Å². The number of para-hydroxylation sites is 2. The fourth-order valence-corrected chi connectivity index (χ4v) is 3.25. The number of hydrogen-bond acceptors (Lipinski definition) is 5. The van der Waals surface area contributed by atoms with Crippen LogP contribution in [0.2, 0.25) is 0 Å². The van der Waals surface area contributed by atoms with Crippen molar-refractivity contribution in [2.45, 2.75) is 13.5 Å². The molecule has 0 N–H and O–H groups in total. The topological polar surface area (TPSA) is 45.2 Å². The third kappa shape index (κ3) is 3.08. The second-order valence-electron chi connectivity index (χ2n) is 6.25. The molecule has 1 aliphatic heterocycles. The lowest BCUT2D eigenvalue weighted by Crippen LogP contribution is -2.46. The first-order chi connectivity index (χ1) is 11.8. The fraction of sp³-hybridized carbons (Fsp3) is 0.316. The van der Waals surface area contributed by atoms with E-state index in [1.165, 1.54) is 5.56 Å². The Morgan fingerprint density at radius 3 is 2.38 bits per heavy atom. The molecule has 122 valence electrons. The summed E-state index contributed by atoms with van der Waals surface area (Å²) in [5, 5.41) is 0. The Morgan fingerprint density at radius 2 is 1.67 bits per heavy atom. The van der Waals surface area contributed by atoms with Gasteiger partial charge in [0.2, 0.25) is 0 Å². The van der Waals surface area contributed by atoms with Gasteiger partial charge in [0.1, 0.15) is 0 Å². The lowest BCUT2D eigenvalue weighted by molar-refractivity contribution is 0.249. The summed E-state index contributed by atoms with van der Waals surface area (Å²) in [5.74, 6) is 1.02. The summed E-state index contributed by atoms with van der Waals surface area (Å²) in [4.78, 5) is 18.6. The minimum absolute atomic E-state index is 0.962. The van der Waals surface area contributed by atoms with Crippen LogP contribution in [-0.4, -0.2) is 46.0 Å². The monoisotopic (exact) mass is 319 g/mol. The normalized spacial score (nSPS) is 15.8. The molecule has 24 heavy (non-hydrogen) atoms. The van der Waals surface area contributed by atoms with Crippen molar-refractivity contribution in [3.05, 3.63) is 60.0 Å². The highest BCUT2D eigenvalue weighted by molar-refractivity contribution is 5.76. The quantitative estimate of drug-likeness (QED) is 0.743. The van der Waals surface area contributed by atoms with Crippen LogP contribution < -0.4 is 4.90 Å². The van der Waals surface area contributed by atoms with Gasteiger partial charge in [0, 0.05) is 45.1 Å². The molecule has 5 nitrogen and oxygen atoms in total. The van der Waals surface area contributed by atoms with Crippen LogP contribution in [-0.2, 0) is 6.54 Å². The first kappa shape index (κ1) is 15.0. The molecule has 3 aromatic rings. The van der Waals surface area contributed by atoms with Crippen LogP contribution in [0.4, 0.5) is 5.82 Å². The van der Waals surface area contributed by atoms with Gasteiger partial charge >= 0.3 is 0 Å². The molecular weight excluding hydrogens is 298 g/mol. The molecule has 1 aliphatic rings. The molecular formula is C19H21N5. The Labute approximate surface area is 142 Å². The lowest BCUT2D eigenvalue weighted by atomic mass is 10.2. The Morgan fingerprint density at radius 1 is 0.917 bits per heavy atom. The second kappa shape index (κ2) is 6.53. The van der Waals surface area contributed by atoms with Gasteiger partial charge < -0.3 is 4.90 Å². The minimum Gasteiger partial charge on any atom is -0.353 e. The number of benzene rings is 1. The van der Waals surface area contributed by atoms with Gasteiger partial charge in [-0.2, -0.15) is 0 Å². The first-order valence-corrected chi connectivity index (χ1v) is 8.39. The summed E-state index contributed by atoms with van der Waals surface area (Å²) in [5.41, 5.74) is 4.21. The maximum Gasteiger partial charge on any atom is 0.150 e. The molecule has 5 heteroatoms. The molecule has 0 radical (unpaired) electrons. The third-order valence-electron chi connectivity index (χ3n) is 4.52.